The van der Waals surface area contributed by atoms with E-state index in [1.54, 1.807) is 25.1 Å². The molecule has 0 radical (unpaired) electrons. The Morgan fingerprint density at radius 1 is 1.56 bits per heavy atom. The van der Waals surface area contributed by atoms with Gasteiger partial charge < -0.3 is 15.4 Å². The molecule has 1 aliphatic heterocycles. The molecule has 0 bridgehead atoms. The molecule has 0 aromatic heterocycles. The smallest absolute Gasteiger partial charge is 0.278 e. The van der Waals surface area contributed by atoms with E-state index in [4.69, 9.17) is 16.3 Å². The fourth-order valence-electron chi connectivity index (χ4n) is 1.68. The predicted molar refractivity (Wildman–Crippen MR) is 67.8 cm³/mol. The molecule has 2 amide bonds. The van der Waals surface area contributed by atoms with Crippen LogP contribution in [0, 0.1) is 0 Å². The molecule has 0 unspecified atom stereocenters. The number of carbonyl (C=O) groups excluding carboxylic acids is 2. The first kappa shape index (κ1) is 12.7. The van der Waals surface area contributed by atoms with Crippen molar-refractivity contribution in [1.82, 2.24) is 5.32 Å². The topological polar surface area (TPSA) is 67.4 Å². The van der Waals surface area contributed by atoms with E-state index in [-0.39, 0.29) is 0 Å². The number of rotatable bonds is 2. The van der Waals surface area contributed by atoms with Gasteiger partial charge in [0, 0.05) is 11.6 Å². The van der Waals surface area contributed by atoms with Gasteiger partial charge >= 0.3 is 0 Å². The van der Waals surface area contributed by atoms with Gasteiger partial charge in [-0.15, -0.1) is 0 Å². The summed E-state index contributed by atoms with van der Waals surface area (Å²) in [5.74, 6) is -0.556. The maximum atomic E-state index is 12.0. The highest BCUT2D eigenvalue weighted by atomic mass is 35.5. The number of hydrogen-bond donors (Lipinski definition) is 2. The third-order valence-electron chi connectivity index (χ3n) is 2.71. The first-order valence-electron chi connectivity index (χ1n) is 5.55. The molecule has 5 nitrogen and oxygen atoms in total. The number of amides is 2. The SMILES string of the molecule is CCNC(=O)[C@]1(C)Oc2ccc(Cl)cc2NC1=O. The van der Waals surface area contributed by atoms with Crippen LogP contribution in [0.2, 0.25) is 5.02 Å². The van der Waals surface area contributed by atoms with Gasteiger partial charge in [0.1, 0.15) is 5.75 Å². The monoisotopic (exact) mass is 268 g/mol. The quantitative estimate of drug-likeness (QED) is 0.800. The Bertz CT molecular complexity index is 518. The number of anilines is 1. The highest BCUT2D eigenvalue weighted by Gasteiger charge is 2.46. The molecule has 2 rings (SSSR count). The summed E-state index contributed by atoms with van der Waals surface area (Å²) in [5.41, 5.74) is -1.09. The normalized spacial score (nSPS) is 21.6. The van der Waals surface area contributed by atoms with Crippen molar-refractivity contribution in [2.75, 3.05) is 11.9 Å². The van der Waals surface area contributed by atoms with E-state index in [2.05, 4.69) is 10.6 Å². The van der Waals surface area contributed by atoms with Crippen molar-refractivity contribution in [1.29, 1.82) is 0 Å². The van der Waals surface area contributed by atoms with Crippen LogP contribution in [-0.4, -0.2) is 24.0 Å². The molecule has 1 aromatic carbocycles. The number of halogens is 1. The molecule has 6 heteroatoms. The van der Waals surface area contributed by atoms with E-state index in [0.29, 0.717) is 23.0 Å². The number of ether oxygens (including phenoxy) is 1. The van der Waals surface area contributed by atoms with Crippen molar-refractivity contribution >= 4 is 29.1 Å². The molecule has 1 aliphatic rings. The highest BCUT2D eigenvalue weighted by Crippen LogP contribution is 2.35. The maximum absolute atomic E-state index is 12.0. The molecular formula is C12H13ClN2O3. The fourth-order valence-corrected chi connectivity index (χ4v) is 1.85. The summed E-state index contributed by atoms with van der Waals surface area (Å²) < 4.78 is 5.52. The van der Waals surface area contributed by atoms with Crippen LogP contribution in [0.3, 0.4) is 0 Å². The average molecular weight is 269 g/mol. The Morgan fingerprint density at radius 3 is 2.94 bits per heavy atom. The van der Waals surface area contributed by atoms with Gasteiger partial charge in [0.15, 0.2) is 0 Å². The minimum Gasteiger partial charge on any atom is -0.466 e. The number of likely N-dealkylation sites (N-methyl/N-ethyl adjacent to an activating group) is 1. The van der Waals surface area contributed by atoms with Gasteiger partial charge in [0.05, 0.1) is 5.69 Å². The average Bonchev–Trinajstić information content (AvgIpc) is 2.31. The predicted octanol–water partition coefficient (Wildman–Crippen LogP) is 1.57. The molecule has 0 aliphatic carbocycles. The second-order valence-corrected chi connectivity index (χ2v) is 4.53. The molecule has 18 heavy (non-hydrogen) atoms. The summed E-state index contributed by atoms with van der Waals surface area (Å²) in [6, 6.07) is 4.83. The van der Waals surface area contributed by atoms with Gasteiger partial charge in [-0.3, -0.25) is 9.59 Å². The standard InChI is InChI=1S/C12H13ClN2O3/c1-3-14-10(16)12(2)11(17)15-8-6-7(13)4-5-9(8)18-12/h4-6H,3H2,1-2H3,(H,14,16)(H,15,17)/t12-/m0/s1. The summed E-state index contributed by atoms with van der Waals surface area (Å²) in [6.45, 7) is 3.64. The lowest BCUT2D eigenvalue weighted by atomic mass is 10.0. The summed E-state index contributed by atoms with van der Waals surface area (Å²) in [7, 11) is 0. The van der Waals surface area contributed by atoms with Crippen molar-refractivity contribution < 1.29 is 14.3 Å². The molecule has 0 saturated heterocycles. The summed E-state index contributed by atoms with van der Waals surface area (Å²) in [5, 5.41) is 5.68. The Hall–Kier alpha value is -1.75. The van der Waals surface area contributed by atoms with Gasteiger partial charge in [0.2, 0.25) is 0 Å². The zero-order valence-electron chi connectivity index (χ0n) is 10.0. The Balaban J connectivity index is 2.36. The Labute approximate surface area is 109 Å². The molecule has 2 N–H and O–H groups in total. The first-order chi connectivity index (χ1) is 8.47. The molecular weight excluding hydrogens is 256 g/mol. The van der Waals surface area contributed by atoms with Gasteiger partial charge in [-0.1, -0.05) is 11.6 Å². The van der Waals surface area contributed by atoms with E-state index in [1.807, 2.05) is 0 Å². The minimum absolute atomic E-state index is 0.424. The lowest BCUT2D eigenvalue weighted by Gasteiger charge is -2.33. The Kier molecular flexibility index (Phi) is 3.17. The molecule has 0 spiro atoms. The number of carbonyl (C=O) groups is 2. The lowest BCUT2D eigenvalue weighted by molar-refractivity contribution is -0.146. The summed E-state index contributed by atoms with van der Waals surface area (Å²) in [4.78, 5) is 23.9. The number of nitrogens with one attached hydrogen (secondary N) is 2. The molecule has 0 saturated carbocycles. The van der Waals surface area contributed by atoms with Crippen molar-refractivity contribution in [3.8, 4) is 5.75 Å². The van der Waals surface area contributed by atoms with Crippen LogP contribution in [0.5, 0.6) is 5.75 Å². The third-order valence-corrected chi connectivity index (χ3v) is 2.94. The van der Waals surface area contributed by atoms with Crippen LogP contribution in [0.1, 0.15) is 13.8 Å². The van der Waals surface area contributed by atoms with E-state index >= 15 is 0 Å². The van der Waals surface area contributed by atoms with Crippen molar-refractivity contribution in [2.45, 2.75) is 19.4 Å². The maximum Gasteiger partial charge on any atom is 0.278 e. The third kappa shape index (κ3) is 2.01. The van der Waals surface area contributed by atoms with Crippen molar-refractivity contribution in [3.05, 3.63) is 23.2 Å². The Morgan fingerprint density at radius 2 is 2.28 bits per heavy atom. The van der Waals surface area contributed by atoms with Gasteiger partial charge in [-0.2, -0.15) is 0 Å². The van der Waals surface area contributed by atoms with Gasteiger partial charge in [-0.25, -0.2) is 0 Å². The van der Waals surface area contributed by atoms with Crippen LogP contribution < -0.4 is 15.4 Å². The lowest BCUT2D eigenvalue weighted by Crippen LogP contribution is -2.58. The molecule has 0 fully saturated rings. The van der Waals surface area contributed by atoms with E-state index < -0.39 is 17.4 Å². The fraction of sp³-hybridized carbons (Fsp3) is 0.333. The van der Waals surface area contributed by atoms with Crippen LogP contribution >= 0.6 is 11.6 Å². The largest absolute Gasteiger partial charge is 0.466 e. The summed E-state index contributed by atoms with van der Waals surface area (Å²) >= 11 is 5.82. The zero-order chi connectivity index (χ0) is 13.3. The second kappa shape index (κ2) is 4.49. The van der Waals surface area contributed by atoms with Crippen LogP contribution in [-0.2, 0) is 9.59 Å². The number of fused-ring (bicyclic) bond motifs is 1. The van der Waals surface area contributed by atoms with Crippen LogP contribution in [0.25, 0.3) is 0 Å². The second-order valence-electron chi connectivity index (χ2n) is 4.09. The number of benzene rings is 1. The van der Waals surface area contributed by atoms with Crippen molar-refractivity contribution in [3.63, 3.8) is 0 Å². The molecule has 1 atom stereocenters. The minimum atomic E-state index is -1.56. The zero-order valence-corrected chi connectivity index (χ0v) is 10.8. The van der Waals surface area contributed by atoms with E-state index in [9.17, 15) is 9.59 Å². The molecule has 96 valence electrons. The van der Waals surface area contributed by atoms with Crippen LogP contribution in [0.15, 0.2) is 18.2 Å². The van der Waals surface area contributed by atoms with Crippen molar-refractivity contribution in [2.24, 2.45) is 0 Å². The molecule has 1 heterocycles. The van der Waals surface area contributed by atoms with E-state index in [1.165, 1.54) is 6.92 Å². The highest BCUT2D eigenvalue weighted by molar-refractivity contribution is 6.31. The molecule has 1 aromatic rings. The first-order valence-corrected chi connectivity index (χ1v) is 5.93. The summed E-state index contributed by atoms with van der Waals surface area (Å²) in [6.07, 6.45) is 0. The van der Waals surface area contributed by atoms with Crippen LogP contribution in [0.4, 0.5) is 5.69 Å². The van der Waals surface area contributed by atoms with Gasteiger partial charge in [-0.05, 0) is 32.0 Å². The number of hydrogen-bond acceptors (Lipinski definition) is 3. The van der Waals surface area contributed by atoms with E-state index in [0.717, 1.165) is 0 Å². The van der Waals surface area contributed by atoms with Gasteiger partial charge in [0.25, 0.3) is 17.4 Å².